The minimum atomic E-state index is -0.491. The van der Waals surface area contributed by atoms with E-state index in [4.69, 9.17) is 4.74 Å². The van der Waals surface area contributed by atoms with Crippen LogP contribution < -0.4 is 4.74 Å². The van der Waals surface area contributed by atoms with Crippen LogP contribution in [0.15, 0.2) is 36.4 Å². The summed E-state index contributed by atoms with van der Waals surface area (Å²) in [5.74, 6) is -0.131. The van der Waals surface area contributed by atoms with Gasteiger partial charge in [0.15, 0.2) is 0 Å². The number of nitrogens with one attached hydrogen (secondary N) is 1. The van der Waals surface area contributed by atoms with Gasteiger partial charge in [0.1, 0.15) is 17.4 Å². The summed E-state index contributed by atoms with van der Waals surface area (Å²) >= 11 is 0. The Hall–Kier alpha value is -3.01. The van der Waals surface area contributed by atoms with Crippen LogP contribution in [0.2, 0.25) is 0 Å². The smallest absolute Gasteiger partial charge is 0.236 e. The fourth-order valence-electron chi connectivity index (χ4n) is 6.13. The maximum atomic E-state index is 14.7. The molecule has 1 fully saturated rings. The highest BCUT2D eigenvalue weighted by Crippen LogP contribution is 2.49. The van der Waals surface area contributed by atoms with E-state index in [2.05, 4.69) is 4.98 Å². The lowest BCUT2D eigenvalue weighted by molar-refractivity contribution is -0.133. The Morgan fingerprint density at radius 1 is 1.19 bits per heavy atom. The molecule has 198 valence electrons. The molecule has 2 N–H and O–H groups in total. The minimum Gasteiger partial charge on any atom is -0.497 e. The fourth-order valence-corrected chi connectivity index (χ4v) is 6.13. The van der Waals surface area contributed by atoms with Crippen molar-refractivity contribution in [3.05, 3.63) is 64.9 Å². The molecule has 1 aromatic heterocycles. The number of nitrogens with zero attached hydrogens (tertiary/aromatic N) is 3. The van der Waals surface area contributed by atoms with Crippen molar-refractivity contribution in [1.29, 1.82) is 0 Å². The number of carbonyl (C=O) groups is 1. The van der Waals surface area contributed by atoms with Gasteiger partial charge in [-0.1, -0.05) is 0 Å². The minimum absolute atomic E-state index is 0.103. The van der Waals surface area contributed by atoms with Gasteiger partial charge in [-0.05, 0) is 62.8 Å². The zero-order valence-electron chi connectivity index (χ0n) is 21.6. The monoisotopic (exact) mass is 512 g/mol. The van der Waals surface area contributed by atoms with E-state index in [1.54, 1.807) is 7.11 Å². The van der Waals surface area contributed by atoms with Crippen LogP contribution in [0.3, 0.4) is 0 Å². The summed E-state index contributed by atoms with van der Waals surface area (Å²) in [6, 6.07) is 9.01. The van der Waals surface area contributed by atoms with Crippen LogP contribution in [0.5, 0.6) is 5.75 Å². The normalized spacial score (nSPS) is 19.5. The van der Waals surface area contributed by atoms with Gasteiger partial charge in [-0.3, -0.25) is 9.69 Å². The standard InChI is InChI=1S/C28H34F2N4O3/c1-32(2)15-25(36)33-10-8-28(9-11-33)17-34(14-18-12-19(29)4-7-22(18)30)24(16-35)27-26(28)21-6-5-20(37-3)13-23(21)31-27/h4-7,12-13,24,31,35H,8-11,14-17H2,1-3H3/t24-/m0/s1. The van der Waals surface area contributed by atoms with Gasteiger partial charge in [-0.2, -0.15) is 0 Å². The lowest BCUT2D eigenvalue weighted by atomic mass is 9.68. The lowest BCUT2D eigenvalue weighted by Gasteiger charge is -2.50. The van der Waals surface area contributed by atoms with E-state index < -0.39 is 17.7 Å². The number of aliphatic hydroxyl groups excluding tert-OH is 1. The molecule has 2 aromatic carbocycles. The average molecular weight is 513 g/mol. The SMILES string of the molecule is COc1ccc2c3c([nH]c2c1)[C@H](CO)N(Cc1cc(F)ccc1F)CC31CCN(C(=O)CN(C)C)CC1. The number of hydrogen-bond acceptors (Lipinski definition) is 5. The van der Waals surface area contributed by atoms with Crippen LogP contribution >= 0.6 is 0 Å². The van der Waals surface area contributed by atoms with E-state index in [1.165, 1.54) is 6.07 Å². The number of carbonyl (C=O) groups excluding carboxylic acids is 1. The van der Waals surface area contributed by atoms with Crippen molar-refractivity contribution < 1.29 is 23.4 Å². The zero-order chi connectivity index (χ0) is 26.3. The molecule has 0 bridgehead atoms. The molecule has 7 nitrogen and oxygen atoms in total. The van der Waals surface area contributed by atoms with Crippen LogP contribution in [-0.4, -0.2) is 84.7 Å². The molecule has 3 aromatic rings. The number of aromatic nitrogens is 1. The molecule has 0 saturated carbocycles. The number of piperidine rings is 1. The van der Waals surface area contributed by atoms with Gasteiger partial charge in [-0.15, -0.1) is 0 Å². The number of rotatable bonds is 6. The van der Waals surface area contributed by atoms with Gasteiger partial charge >= 0.3 is 0 Å². The summed E-state index contributed by atoms with van der Waals surface area (Å²) in [5, 5.41) is 11.6. The molecular formula is C28H34F2N4O3. The molecule has 0 unspecified atom stereocenters. The van der Waals surface area contributed by atoms with Crippen molar-refractivity contribution in [2.24, 2.45) is 0 Å². The molecule has 2 aliphatic rings. The first-order valence-electron chi connectivity index (χ1n) is 12.7. The fraction of sp³-hybridized carbons (Fsp3) is 0.464. The predicted molar refractivity (Wildman–Crippen MR) is 137 cm³/mol. The summed E-state index contributed by atoms with van der Waals surface area (Å²) in [6.07, 6.45) is 1.47. The van der Waals surface area contributed by atoms with Gasteiger partial charge in [0.25, 0.3) is 0 Å². The zero-order valence-corrected chi connectivity index (χ0v) is 21.6. The molecule has 0 aliphatic carbocycles. The molecule has 5 rings (SSSR count). The second kappa shape index (κ2) is 10.0. The summed E-state index contributed by atoms with van der Waals surface area (Å²) in [7, 11) is 5.39. The Labute approximate surface area is 215 Å². The van der Waals surface area contributed by atoms with Crippen molar-refractivity contribution >= 4 is 16.8 Å². The predicted octanol–water partition coefficient (Wildman–Crippen LogP) is 3.43. The summed E-state index contributed by atoms with van der Waals surface area (Å²) in [5.41, 5.74) is 2.90. The number of benzene rings is 2. The van der Waals surface area contributed by atoms with Crippen LogP contribution in [-0.2, 0) is 16.8 Å². The first-order chi connectivity index (χ1) is 17.7. The van der Waals surface area contributed by atoms with Crippen molar-refractivity contribution in [1.82, 2.24) is 19.7 Å². The number of aliphatic hydroxyl groups is 1. The topological polar surface area (TPSA) is 72.0 Å². The summed E-state index contributed by atoms with van der Waals surface area (Å²) in [4.78, 5) is 22.1. The molecule has 37 heavy (non-hydrogen) atoms. The molecular weight excluding hydrogens is 478 g/mol. The van der Waals surface area contributed by atoms with Crippen LogP contribution in [0.1, 0.15) is 35.7 Å². The number of methoxy groups -OCH3 is 1. The lowest BCUT2D eigenvalue weighted by Crippen LogP contribution is -2.55. The molecule has 1 saturated heterocycles. The third kappa shape index (κ3) is 4.71. The highest BCUT2D eigenvalue weighted by molar-refractivity contribution is 5.88. The van der Waals surface area contributed by atoms with Crippen molar-refractivity contribution in [3.8, 4) is 5.75 Å². The first-order valence-corrected chi connectivity index (χ1v) is 12.7. The molecule has 3 heterocycles. The number of fused-ring (bicyclic) bond motifs is 4. The Morgan fingerprint density at radius 3 is 2.62 bits per heavy atom. The number of likely N-dealkylation sites (N-methyl/N-ethyl adjacent to an activating group) is 1. The third-order valence-electron chi connectivity index (χ3n) is 7.92. The Morgan fingerprint density at radius 2 is 1.95 bits per heavy atom. The average Bonchev–Trinajstić information content (AvgIpc) is 3.26. The molecule has 1 spiro atoms. The van der Waals surface area contributed by atoms with Gasteiger partial charge < -0.3 is 24.6 Å². The number of halogens is 2. The van der Waals surface area contributed by atoms with Gasteiger partial charge in [0, 0.05) is 59.8 Å². The number of H-pyrrole nitrogens is 1. The van der Waals surface area contributed by atoms with Gasteiger partial charge in [-0.25, -0.2) is 8.78 Å². The molecule has 0 radical (unpaired) electrons. The maximum Gasteiger partial charge on any atom is 0.236 e. The Balaban J connectivity index is 1.56. The highest BCUT2D eigenvalue weighted by Gasteiger charge is 2.47. The van der Waals surface area contributed by atoms with E-state index >= 15 is 0 Å². The van der Waals surface area contributed by atoms with E-state index in [1.807, 2.05) is 47.0 Å². The van der Waals surface area contributed by atoms with E-state index in [0.717, 1.165) is 52.9 Å². The number of likely N-dealkylation sites (tertiary alicyclic amines) is 1. The van der Waals surface area contributed by atoms with E-state index in [-0.39, 0.29) is 30.0 Å². The number of amides is 1. The van der Waals surface area contributed by atoms with E-state index in [9.17, 15) is 18.7 Å². The number of hydrogen-bond donors (Lipinski definition) is 2. The van der Waals surface area contributed by atoms with Crippen LogP contribution in [0.25, 0.3) is 10.9 Å². The highest BCUT2D eigenvalue weighted by atomic mass is 19.1. The molecule has 2 aliphatic heterocycles. The van der Waals surface area contributed by atoms with Gasteiger partial charge in [0.05, 0.1) is 26.3 Å². The second-order valence-corrected chi connectivity index (χ2v) is 10.6. The Bertz CT molecular complexity index is 1300. The van der Waals surface area contributed by atoms with Crippen molar-refractivity contribution in [2.45, 2.75) is 30.8 Å². The molecule has 1 atom stereocenters. The van der Waals surface area contributed by atoms with Crippen LogP contribution in [0, 0.1) is 11.6 Å². The summed E-state index contributed by atoms with van der Waals surface area (Å²) < 4.78 is 34.1. The largest absolute Gasteiger partial charge is 0.497 e. The molecule has 9 heteroatoms. The molecule has 1 amide bonds. The second-order valence-electron chi connectivity index (χ2n) is 10.6. The van der Waals surface area contributed by atoms with Crippen LogP contribution in [0.4, 0.5) is 8.78 Å². The van der Waals surface area contributed by atoms with E-state index in [0.29, 0.717) is 26.2 Å². The third-order valence-corrected chi connectivity index (χ3v) is 7.92. The quantitative estimate of drug-likeness (QED) is 0.530. The Kier molecular flexibility index (Phi) is 6.95. The number of ether oxygens (including phenoxy) is 1. The van der Waals surface area contributed by atoms with Crippen molar-refractivity contribution in [2.75, 3.05) is 54.0 Å². The summed E-state index contributed by atoms with van der Waals surface area (Å²) in [6.45, 7) is 2.15. The van der Waals surface area contributed by atoms with Gasteiger partial charge in [0.2, 0.25) is 5.91 Å². The maximum absolute atomic E-state index is 14.7. The van der Waals surface area contributed by atoms with Crippen molar-refractivity contribution in [3.63, 3.8) is 0 Å². The number of aromatic amines is 1. The first kappa shape index (κ1) is 25.6.